The number of fused-ring (bicyclic) bond motifs is 2. The molecule has 5 aromatic rings. The summed E-state index contributed by atoms with van der Waals surface area (Å²) in [5, 5.41) is 0. The first kappa shape index (κ1) is 38.2. The molecule has 4 heterocycles. The van der Waals surface area contributed by atoms with E-state index >= 15 is 0 Å². The SMILES string of the molecule is CCCCOCCOc1ccc(-c2ccc3c(c2)/C=C(/c2nc4ccc([S@+]([O-])Cc5c(C)ncn5CCC)cc4[nH]2)CCCN3CC2COCCO2)cc1. The molecule has 0 radical (unpaired) electrons. The zero-order valence-corrected chi connectivity index (χ0v) is 32.7. The highest BCUT2D eigenvalue weighted by molar-refractivity contribution is 7.90. The van der Waals surface area contributed by atoms with Crippen LogP contribution in [0.4, 0.5) is 5.69 Å². The smallest absolute Gasteiger partial charge is 0.155 e. The average Bonchev–Trinajstić information content (AvgIpc) is 3.77. The quantitative estimate of drug-likeness (QED) is 0.0794. The van der Waals surface area contributed by atoms with Gasteiger partial charge in [-0.05, 0) is 109 Å². The van der Waals surface area contributed by atoms with Gasteiger partial charge in [0.25, 0.3) is 0 Å². The van der Waals surface area contributed by atoms with Crippen molar-refractivity contribution in [1.29, 1.82) is 0 Å². The van der Waals surface area contributed by atoms with E-state index in [0.29, 0.717) is 38.8 Å². The normalized spacial score (nSPS) is 17.8. The van der Waals surface area contributed by atoms with Crippen LogP contribution in [0.5, 0.6) is 5.75 Å². The highest BCUT2D eigenvalue weighted by Crippen LogP contribution is 2.35. The molecule has 1 saturated heterocycles. The molecule has 1 N–H and O–H groups in total. The number of imidazole rings is 2. The van der Waals surface area contributed by atoms with Crippen molar-refractivity contribution in [2.45, 2.75) is 76.2 Å². The van der Waals surface area contributed by atoms with Crippen molar-refractivity contribution >= 4 is 39.5 Å². The molecular weight excluding hydrogens is 699 g/mol. The Morgan fingerprint density at radius 2 is 1.85 bits per heavy atom. The average molecular weight is 752 g/mol. The van der Waals surface area contributed by atoms with Crippen molar-refractivity contribution < 1.29 is 23.5 Å². The summed E-state index contributed by atoms with van der Waals surface area (Å²) in [5.41, 5.74) is 9.40. The maximum atomic E-state index is 13.6. The molecular formula is C43H53N5O5S. The van der Waals surface area contributed by atoms with Gasteiger partial charge in [0, 0.05) is 38.0 Å². The second-order valence-electron chi connectivity index (χ2n) is 14.1. The number of nitrogens with one attached hydrogen (secondary N) is 1. The summed E-state index contributed by atoms with van der Waals surface area (Å²) in [4.78, 5) is 16.4. The molecule has 2 aromatic heterocycles. The Kier molecular flexibility index (Phi) is 13.0. The van der Waals surface area contributed by atoms with Crippen LogP contribution in [0.25, 0.3) is 33.8 Å². The van der Waals surface area contributed by atoms with Crippen LogP contribution in [0.2, 0.25) is 0 Å². The van der Waals surface area contributed by atoms with Crippen LogP contribution in [0.1, 0.15) is 68.7 Å². The fraction of sp³-hybridized carbons (Fsp3) is 0.442. The maximum Gasteiger partial charge on any atom is 0.155 e. The van der Waals surface area contributed by atoms with E-state index < -0.39 is 11.2 Å². The number of hydrogen-bond donors (Lipinski definition) is 1. The first-order valence-electron chi connectivity index (χ1n) is 19.5. The molecule has 0 aliphatic carbocycles. The summed E-state index contributed by atoms with van der Waals surface area (Å²) < 4.78 is 39.2. The van der Waals surface area contributed by atoms with Crippen molar-refractivity contribution in [2.75, 3.05) is 57.6 Å². The Balaban J connectivity index is 1.15. The number of allylic oxidation sites excluding steroid dienone is 1. The predicted molar refractivity (Wildman–Crippen MR) is 216 cm³/mol. The zero-order valence-electron chi connectivity index (χ0n) is 31.9. The predicted octanol–water partition coefficient (Wildman–Crippen LogP) is 8.20. The number of anilines is 1. The lowest BCUT2D eigenvalue weighted by molar-refractivity contribution is -0.0840. The third-order valence-electron chi connectivity index (χ3n) is 10.1. The van der Waals surface area contributed by atoms with E-state index in [1.807, 2.05) is 43.6 Å². The summed E-state index contributed by atoms with van der Waals surface area (Å²) in [6.45, 7) is 12.6. The molecule has 0 bridgehead atoms. The lowest BCUT2D eigenvalue weighted by Crippen LogP contribution is -2.41. The van der Waals surface area contributed by atoms with Gasteiger partial charge in [0.05, 0.1) is 61.3 Å². The molecule has 0 saturated carbocycles. The van der Waals surface area contributed by atoms with E-state index in [-0.39, 0.29) is 6.10 Å². The van der Waals surface area contributed by atoms with Gasteiger partial charge in [-0.25, -0.2) is 9.97 Å². The molecule has 0 amide bonds. The maximum absolute atomic E-state index is 13.6. The van der Waals surface area contributed by atoms with Crippen molar-refractivity contribution in [2.24, 2.45) is 0 Å². The number of aromatic amines is 1. The lowest BCUT2D eigenvalue weighted by Gasteiger charge is -2.33. The van der Waals surface area contributed by atoms with Gasteiger partial charge in [-0.15, -0.1) is 0 Å². The summed E-state index contributed by atoms with van der Waals surface area (Å²) >= 11 is -1.22. The Hall–Kier alpha value is -4.13. The summed E-state index contributed by atoms with van der Waals surface area (Å²) in [6, 6.07) is 20.9. The molecule has 1 unspecified atom stereocenters. The number of H-pyrrole nitrogens is 1. The van der Waals surface area contributed by atoms with Crippen LogP contribution in [0.15, 0.2) is 71.9 Å². The first-order chi connectivity index (χ1) is 26.5. The van der Waals surface area contributed by atoms with Gasteiger partial charge < -0.3 is 38.0 Å². The summed E-state index contributed by atoms with van der Waals surface area (Å²) in [7, 11) is 0. The van der Waals surface area contributed by atoms with Gasteiger partial charge in [0.15, 0.2) is 10.6 Å². The molecule has 7 rings (SSSR count). The number of ether oxygens (including phenoxy) is 4. The first-order valence-corrected chi connectivity index (χ1v) is 20.8. The van der Waals surface area contributed by atoms with Gasteiger partial charge in [-0.1, -0.05) is 38.5 Å². The molecule has 0 spiro atoms. The van der Waals surface area contributed by atoms with Crippen LogP contribution in [-0.4, -0.2) is 82.9 Å². The molecule has 2 aliphatic heterocycles. The van der Waals surface area contributed by atoms with Crippen molar-refractivity contribution in [3.63, 3.8) is 0 Å². The molecule has 54 heavy (non-hydrogen) atoms. The lowest BCUT2D eigenvalue weighted by atomic mass is 9.96. The van der Waals surface area contributed by atoms with E-state index in [0.717, 1.165) is 119 Å². The van der Waals surface area contributed by atoms with Gasteiger partial charge in [-0.3, -0.25) is 0 Å². The van der Waals surface area contributed by atoms with Gasteiger partial charge >= 0.3 is 0 Å². The van der Waals surface area contributed by atoms with Crippen LogP contribution < -0.4 is 9.64 Å². The number of aromatic nitrogens is 4. The number of hydrogen-bond acceptors (Lipinski definition) is 8. The minimum atomic E-state index is -1.22. The monoisotopic (exact) mass is 751 g/mol. The highest BCUT2D eigenvalue weighted by Gasteiger charge is 2.24. The van der Waals surface area contributed by atoms with Gasteiger partial charge in [0.1, 0.15) is 18.2 Å². The highest BCUT2D eigenvalue weighted by atomic mass is 32.2. The number of rotatable bonds is 16. The molecule has 1 fully saturated rings. The van der Waals surface area contributed by atoms with Gasteiger partial charge in [0.2, 0.25) is 0 Å². The molecule has 286 valence electrons. The molecule has 10 nitrogen and oxygen atoms in total. The van der Waals surface area contributed by atoms with Crippen LogP contribution in [0, 0.1) is 6.92 Å². The van der Waals surface area contributed by atoms with Crippen molar-refractivity contribution in [3.8, 4) is 16.9 Å². The standard InChI is InChI=1S/C43H53N5O5S/c1-4-6-19-50-20-22-52-36-12-9-32(10-13-36)33-11-16-41-35(24-33)25-34(8-7-18-47(41)27-37-28-51-21-23-53-37)43-45-39-15-14-38(26-40(39)46-43)54(49)29-42-31(3)44-30-48(42)17-5-2/h9-16,24-26,30,37H,4-8,17-23,27-29H2,1-3H3,(H,45,46)/b34-25+/t37?,54-/m1/s1. The van der Waals surface area contributed by atoms with E-state index in [1.165, 1.54) is 5.69 Å². The van der Waals surface area contributed by atoms with E-state index in [2.05, 4.69) is 69.7 Å². The van der Waals surface area contributed by atoms with Gasteiger partial charge in [-0.2, -0.15) is 0 Å². The van der Waals surface area contributed by atoms with E-state index in [4.69, 9.17) is 23.9 Å². The third kappa shape index (κ3) is 9.38. The fourth-order valence-corrected chi connectivity index (χ4v) is 8.43. The second-order valence-corrected chi connectivity index (χ2v) is 15.6. The Morgan fingerprint density at radius 1 is 0.981 bits per heavy atom. The van der Waals surface area contributed by atoms with Crippen molar-refractivity contribution in [3.05, 3.63) is 89.8 Å². The minimum absolute atomic E-state index is 0.0324. The van der Waals surface area contributed by atoms with Crippen molar-refractivity contribution in [1.82, 2.24) is 19.5 Å². The Labute approximate surface area is 322 Å². The summed E-state index contributed by atoms with van der Waals surface area (Å²) in [6.07, 6.45) is 9.19. The third-order valence-corrected chi connectivity index (χ3v) is 11.4. The fourth-order valence-electron chi connectivity index (χ4n) is 7.17. The molecule has 11 heteroatoms. The second kappa shape index (κ2) is 18.5. The van der Waals surface area contributed by atoms with Crippen LogP contribution in [0.3, 0.4) is 0 Å². The zero-order chi connectivity index (χ0) is 37.3. The van der Waals surface area contributed by atoms with Crippen LogP contribution in [-0.2, 0) is 37.7 Å². The number of benzene rings is 3. The molecule has 3 aromatic carbocycles. The molecule has 2 atom stereocenters. The summed E-state index contributed by atoms with van der Waals surface area (Å²) in [5.74, 6) is 2.11. The Morgan fingerprint density at radius 3 is 2.67 bits per heavy atom. The van der Waals surface area contributed by atoms with E-state index in [9.17, 15) is 4.55 Å². The van der Waals surface area contributed by atoms with E-state index in [1.54, 1.807) is 0 Å². The van der Waals surface area contributed by atoms with Crippen LogP contribution >= 0.6 is 0 Å². The largest absolute Gasteiger partial charge is 0.611 e. The number of aryl methyl sites for hydroxylation is 2. The topological polar surface area (TPSA) is 110 Å². The Bertz CT molecular complexity index is 2000. The number of nitrogens with zero attached hydrogens (tertiary/aromatic N) is 4. The molecule has 2 aliphatic rings. The number of unbranched alkanes of at least 4 members (excludes halogenated alkanes) is 1. The minimum Gasteiger partial charge on any atom is -0.611 e.